The molecule has 1 aromatic heterocycles. The zero-order valence-corrected chi connectivity index (χ0v) is 9.60. The average Bonchev–Trinajstić information content (AvgIpc) is 2.26. The summed E-state index contributed by atoms with van der Waals surface area (Å²) in [4.78, 5) is 17.8. The molecule has 0 aliphatic heterocycles. The molecule has 3 heteroatoms. The first-order valence-electron chi connectivity index (χ1n) is 5.33. The predicted molar refractivity (Wildman–Crippen MR) is 60.2 cm³/mol. The minimum Gasteiger partial charge on any atom is -0.337 e. The van der Waals surface area contributed by atoms with Crippen molar-refractivity contribution < 1.29 is 4.79 Å². The fraction of sp³-hybridized carbons (Fsp3) is 0.500. The Morgan fingerprint density at radius 1 is 1.47 bits per heavy atom. The third-order valence-corrected chi connectivity index (χ3v) is 2.27. The fourth-order valence-corrected chi connectivity index (χ4v) is 1.40. The minimum atomic E-state index is 0.0497. The first-order valence-corrected chi connectivity index (χ1v) is 5.33. The van der Waals surface area contributed by atoms with E-state index in [-0.39, 0.29) is 11.8 Å². The largest absolute Gasteiger partial charge is 0.337 e. The lowest BCUT2D eigenvalue weighted by Gasteiger charge is -2.22. The molecule has 0 bridgehead atoms. The highest BCUT2D eigenvalue weighted by atomic mass is 16.2. The standard InChI is InChI=1S/C12H18N2O/c1-4-14(12(15)10(2)3)9-11-7-5-6-8-13-11/h5-8,10H,4,9H2,1-3H3. The van der Waals surface area contributed by atoms with Crippen molar-refractivity contribution in [1.82, 2.24) is 9.88 Å². The maximum Gasteiger partial charge on any atom is 0.225 e. The highest BCUT2D eigenvalue weighted by molar-refractivity contribution is 5.78. The van der Waals surface area contributed by atoms with E-state index >= 15 is 0 Å². The second-order valence-electron chi connectivity index (χ2n) is 3.83. The molecule has 0 fully saturated rings. The van der Waals surface area contributed by atoms with Crippen molar-refractivity contribution in [2.24, 2.45) is 5.92 Å². The number of hydrogen-bond acceptors (Lipinski definition) is 2. The van der Waals surface area contributed by atoms with Gasteiger partial charge in [0.25, 0.3) is 0 Å². The van der Waals surface area contributed by atoms with E-state index in [1.165, 1.54) is 0 Å². The Bertz CT molecular complexity index is 309. The van der Waals surface area contributed by atoms with Crippen LogP contribution in [0.3, 0.4) is 0 Å². The molecule has 0 radical (unpaired) electrons. The SMILES string of the molecule is CCN(Cc1ccccn1)C(=O)C(C)C. The van der Waals surface area contributed by atoms with Crippen LogP contribution in [-0.4, -0.2) is 22.3 Å². The number of carbonyl (C=O) groups excluding carboxylic acids is 1. The van der Waals surface area contributed by atoms with Gasteiger partial charge in [0.15, 0.2) is 0 Å². The number of carbonyl (C=O) groups is 1. The maximum absolute atomic E-state index is 11.8. The van der Waals surface area contributed by atoms with Crippen LogP contribution in [0.1, 0.15) is 26.5 Å². The molecule has 82 valence electrons. The van der Waals surface area contributed by atoms with Gasteiger partial charge in [-0.05, 0) is 19.1 Å². The van der Waals surface area contributed by atoms with Gasteiger partial charge in [-0.3, -0.25) is 9.78 Å². The predicted octanol–water partition coefficient (Wildman–Crippen LogP) is 2.09. The van der Waals surface area contributed by atoms with Crippen LogP contribution in [0.25, 0.3) is 0 Å². The Morgan fingerprint density at radius 3 is 2.67 bits per heavy atom. The fourth-order valence-electron chi connectivity index (χ4n) is 1.40. The summed E-state index contributed by atoms with van der Waals surface area (Å²) in [6.45, 7) is 7.16. The summed E-state index contributed by atoms with van der Waals surface area (Å²) >= 11 is 0. The molecule has 1 aromatic rings. The molecule has 15 heavy (non-hydrogen) atoms. The van der Waals surface area contributed by atoms with Crippen LogP contribution in [0.15, 0.2) is 24.4 Å². The Balaban J connectivity index is 2.66. The van der Waals surface area contributed by atoms with Crippen LogP contribution in [0.2, 0.25) is 0 Å². The highest BCUT2D eigenvalue weighted by Crippen LogP contribution is 2.06. The van der Waals surface area contributed by atoms with Gasteiger partial charge in [0.1, 0.15) is 0 Å². The van der Waals surface area contributed by atoms with Gasteiger partial charge in [-0.25, -0.2) is 0 Å². The van der Waals surface area contributed by atoms with E-state index in [1.807, 2.05) is 43.9 Å². The molecular weight excluding hydrogens is 188 g/mol. The van der Waals surface area contributed by atoms with E-state index in [4.69, 9.17) is 0 Å². The van der Waals surface area contributed by atoms with Gasteiger partial charge >= 0.3 is 0 Å². The smallest absolute Gasteiger partial charge is 0.225 e. The molecular formula is C12H18N2O. The first-order chi connectivity index (χ1) is 7.15. The van der Waals surface area contributed by atoms with Crippen LogP contribution in [0, 0.1) is 5.92 Å². The zero-order chi connectivity index (χ0) is 11.3. The molecule has 3 nitrogen and oxygen atoms in total. The second kappa shape index (κ2) is 5.49. The van der Waals surface area contributed by atoms with Crippen molar-refractivity contribution in [2.75, 3.05) is 6.54 Å². The molecule has 1 amide bonds. The third-order valence-electron chi connectivity index (χ3n) is 2.27. The van der Waals surface area contributed by atoms with E-state index in [1.54, 1.807) is 6.20 Å². The van der Waals surface area contributed by atoms with Crippen LogP contribution < -0.4 is 0 Å². The molecule has 0 aromatic carbocycles. The summed E-state index contributed by atoms with van der Waals surface area (Å²) in [7, 11) is 0. The van der Waals surface area contributed by atoms with Gasteiger partial charge in [-0.15, -0.1) is 0 Å². The lowest BCUT2D eigenvalue weighted by molar-refractivity contribution is -0.134. The molecule has 0 saturated heterocycles. The van der Waals surface area contributed by atoms with Crippen LogP contribution in [0.5, 0.6) is 0 Å². The number of aromatic nitrogens is 1. The Kier molecular flexibility index (Phi) is 4.28. The molecule has 1 rings (SSSR count). The van der Waals surface area contributed by atoms with Crippen molar-refractivity contribution in [3.05, 3.63) is 30.1 Å². The normalized spacial score (nSPS) is 10.4. The molecule has 0 atom stereocenters. The van der Waals surface area contributed by atoms with Gasteiger partial charge < -0.3 is 4.90 Å². The van der Waals surface area contributed by atoms with E-state index in [2.05, 4.69) is 4.98 Å². The third kappa shape index (κ3) is 3.35. The molecule has 0 spiro atoms. The van der Waals surface area contributed by atoms with Crippen molar-refractivity contribution in [1.29, 1.82) is 0 Å². The summed E-state index contributed by atoms with van der Waals surface area (Å²) in [5.41, 5.74) is 0.938. The first kappa shape index (κ1) is 11.7. The Labute approximate surface area is 91.1 Å². The summed E-state index contributed by atoms with van der Waals surface area (Å²) in [6.07, 6.45) is 1.75. The number of rotatable bonds is 4. The van der Waals surface area contributed by atoms with E-state index in [0.29, 0.717) is 6.54 Å². The van der Waals surface area contributed by atoms with Gasteiger partial charge in [-0.2, -0.15) is 0 Å². The Morgan fingerprint density at radius 2 is 2.20 bits per heavy atom. The van der Waals surface area contributed by atoms with Crippen molar-refractivity contribution in [2.45, 2.75) is 27.3 Å². The number of pyridine rings is 1. The van der Waals surface area contributed by atoms with Crippen LogP contribution in [-0.2, 0) is 11.3 Å². The molecule has 1 heterocycles. The van der Waals surface area contributed by atoms with E-state index in [0.717, 1.165) is 12.2 Å². The molecule has 0 N–H and O–H groups in total. The summed E-state index contributed by atoms with van der Waals surface area (Å²) in [5.74, 6) is 0.233. The lowest BCUT2D eigenvalue weighted by atomic mass is 10.2. The Hall–Kier alpha value is -1.38. The number of amides is 1. The average molecular weight is 206 g/mol. The zero-order valence-electron chi connectivity index (χ0n) is 9.60. The summed E-state index contributed by atoms with van der Waals surface area (Å²) < 4.78 is 0. The molecule has 0 aliphatic carbocycles. The molecule has 0 unspecified atom stereocenters. The van der Waals surface area contributed by atoms with Gasteiger partial charge in [0, 0.05) is 18.7 Å². The lowest BCUT2D eigenvalue weighted by Crippen LogP contribution is -2.33. The minimum absolute atomic E-state index is 0.0497. The topological polar surface area (TPSA) is 33.2 Å². The number of nitrogens with zero attached hydrogens (tertiary/aromatic N) is 2. The van der Waals surface area contributed by atoms with Crippen molar-refractivity contribution in [3.8, 4) is 0 Å². The molecule has 0 aliphatic rings. The van der Waals surface area contributed by atoms with Crippen LogP contribution in [0.4, 0.5) is 0 Å². The van der Waals surface area contributed by atoms with E-state index < -0.39 is 0 Å². The molecule has 0 saturated carbocycles. The van der Waals surface area contributed by atoms with Crippen LogP contribution >= 0.6 is 0 Å². The summed E-state index contributed by atoms with van der Waals surface area (Å²) in [5, 5.41) is 0. The van der Waals surface area contributed by atoms with Gasteiger partial charge in [-0.1, -0.05) is 19.9 Å². The second-order valence-corrected chi connectivity index (χ2v) is 3.83. The van der Waals surface area contributed by atoms with E-state index in [9.17, 15) is 4.79 Å². The monoisotopic (exact) mass is 206 g/mol. The van der Waals surface area contributed by atoms with Gasteiger partial charge in [0.2, 0.25) is 5.91 Å². The van der Waals surface area contributed by atoms with Gasteiger partial charge in [0.05, 0.1) is 12.2 Å². The quantitative estimate of drug-likeness (QED) is 0.755. The van der Waals surface area contributed by atoms with Crippen molar-refractivity contribution >= 4 is 5.91 Å². The van der Waals surface area contributed by atoms with Crippen molar-refractivity contribution in [3.63, 3.8) is 0 Å². The highest BCUT2D eigenvalue weighted by Gasteiger charge is 2.15. The summed E-state index contributed by atoms with van der Waals surface area (Å²) in [6, 6.07) is 5.76. The number of hydrogen-bond donors (Lipinski definition) is 0. The maximum atomic E-state index is 11.8.